The summed E-state index contributed by atoms with van der Waals surface area (Å²) in [5, 5.41) is 25.2. The standard InChI is InChI=1S/C66H66N24O/c67-34-55-73-40-75-65(82-55)77-46-20-26-85(27-21-46)37-42-8-12-48(13-9-42)89-61(50-7-4-25-71-59(50)69)80-54-18-19-57(84-64(54)89)87-30-24-58(91)88(32-31-87)39-44-33-51(60(70)72-36-44)62-81-53-17-16-52(45-5-2-1-3-6-45)79-63(53)90(62)49-14-10-43(11-15-49)38-86-28-22-47(23-29-86)78-66-76-41-74-56(35-68)83-66/h4-5,7-19,25,33,36,40-41,46-47H,1-3,6,20-24,26-32,37-39H2,(H2,69,71)(H2,70,72)(H,73,75,77,82)(H,74,76,78,83). The summed E-state index contributed by atoms with van der Waals surface area (Å²) < 4.78 is 4.13. The van der Waals surface area contributed by atoms with Crippen LogP contribution in [0.25, 0.3) is 62.1 Å². The third kappa shape index (κ3) is 12.6. The molecule has 11 heterocycles. The Labute approximate surface area is 524 Å². The molecule has 25 nitrogen and oxygen atoms in total. The van der Waals surface area contributed by atoms with Gasteiger partial charge >= 0.3 is 0 Å². The molecule has 10 aromatic rings. The lowest BCUT2D eigenvalue weighted by atomic mass is 9.97. The van der Waals surface area contributed by atoms with Gasteiger partial charge in [-0.05, 0) is 140 Å². The number of benzene rings is 2. The molecule has 4 aliphatic rings. The number of carbonyl (C=O) groups is 1. The monoisotopic (exact) mass is 1210 g/mol. The molecule has 0 bridgehead atoms. The summed E-state index contributed by atoms with van der Waals surface area (Å²) >= 11 is 0. The number of imidazole rings is 2. The lowest BCUT2D eigenvalue weighted by Crippen LogP contribution is -2.39. The van der Waals surface area contributed by atoms with E-state index in [0.29, 0.717) is 83.7 Å². The van der Waals surface area contributed by atoms with Gasteiger partial charge in [0.2, 0.25) is 29.5 Å². The highest BCUT2D eigenvalue weighted by molar-refractivity contribution is 5.86. The van der Waals surface area contributed by atoms with Crippen molar-refractivity contribution in [3.8, 4) is 46.3 Å². The molecule has 1 aliphatic carbocycles. The molecule has 8 aromatic heterocycles. The Morgan fingerprint density at radius 1 is 0.549 bits per heavy atom. The Hall–Kier alpha value is -10.9. The number of nitrogen functional groups attached to an aromatic ring is 2. The summed E-state index contributed by atoms with van der Waals surface area (Å²) in [4.78, 5) is 77.9. The summed E-state index contributed by atoms with van der Waals surface area (Å²) in [5.41, 5.74) is 24.7. The molecular weight excluding hydrogens is 1140 g/mol. The predicted octanol–water partition coefficient (Wildman–Crippen LogP) is 7.91. The SMILES string of the molecule is N#Cc1ncnc(NC2CCN(Cc3ccc(-n4c(-c5cc(CN6CCN(c7ccc8nc(-c9cccnc9N)n(-c9ccc(CN%10CCC(Nc%11ncnc(C#N)n%11)CC%10)cc9)c8n7)CCC6=O)cnc5N)nc5ccc(C6=CCCCC6)nc54)cc3)CC2)n1. The van der Waals surface area contributed by atoms with Crippen LogP contribution in [0.1, 0.15) is 91.8 Å². The van der Waals surface area contributed by atoms with E-state index >= 15 is 0 Å². The summed E-state index contributed by atoms with van der Waals surface area (Å²) in [7, 11) is 0. The van der Waals surface area contributed by atoms with E-state index in [-0.39, 0.29) is 36.1 Å². The molecule has 3 fully saturated rings. The quantitative estimate of drug-likeness (QED) is 0.0714. The number of allylic oxidation sites excluding steroid dienone is 2. The molecule has 2 aromatic carbocycles. The highest BCUT2D eigenvalue weighted by atomic mass is 16.2. The van der Waals surface area contributed by atoms with Crippen LogP contribution in [0.15, 0.2) is 122 Å². The molecule has 1 amide bonds. The van der Waals surface area contributed by atoms with Gasteiger partial charge in [0, 0.05) is 108 Å². The first-order valence-electron chi connectivity index (χ1n) is 31.0. The number of aromatic nitrogens is 14. The number of amides is 1. The molecule has 0 saturated carbocycles. The third-order valence-corrected chi connectivity index (χ3v) is 17.6. The van der Waals surface area contributed by atoms with E-state index in [2.05, 4.69) is 125 Å². The van der Waals surface area contributed by atoms with Crippen LogP contribution >= 0.6 is 0 Å². The van der Waals surface area contributed by atoms with Gasteiger partial charge in [-0.1, -0.05) is 30.3 Å². The zero-order valence-corrected chi connectivity index (χ0v) is 50.1. The van der Waals surface area contributed by atoms with E-state index < -0.39 is 0 Å². The van der Waals surface area contributed by atoms with Gasteiger partial charge in [-0.3, -0.25) is 23.7 Å². The number of likely N-dealkylation sites (tertiary alicyclic amines) is 2. The van der Waals surface area contributed by atoms with Crippen molar-refractivity contribution in [3.05, 3.63) is 156 Å². The summed E-state index contributed by atoms with van der Waals surface area (Å²) in [6, 6.07) is 35.3. The van der Waals surface area contributed by atoms with Gasteiger partial charge in [-0.25, -0.2) is 49.8 Å². The summed E-state index contributed by atoms with van der Waals surface area (Å²) in [5.74, 6) is 3.72. The van der Waals surface area contributed by atoms with E-state index in [0.717, 1.165) is 124 Å². The minimum absolute atomic E-state index is 0.0221. The Kier molecular flexibility index (Phi) is 16.3. The van der Waals surface area contributed by atoms with Crippen LogP contribution in [-0.4, -0.2) is 147 Å². The Bertz CT molecular complexity index is 4440. The van der Waals surface area contributed by atoms with Crippen LogP contribution in [0, 0.1) is 22.7 Å². The number of carbonyl (C=O) groups excluding carboxylic acids is 1. The summed E-state index contributed by atoms with van der Waals surface area (Å²) in [6.45, 7) is 6.90. The van der Waals surface area contributed by atoms with E-state index in [1.54, 1.807) is 12.4 Å². The Balaban J connectivity index is 0.684. The fraction of sp³-hybridized carbons (Fsp3) is 0.318. The normalized spacial score (nSPS) is 16.4. The van der Waals surface area contributed by atoms with Crippen molar-refractivity contribution in [2.24, 2.45) is 0 Å². The number of anilines is 5. The molecule has 91 heavy (non-hydrogen) atoms. The zero-order valence-electron chi connectivity index (χ0n) is 50.1. The van der Waals surface area contributed by atoms with Gasteiger partial charge in [-0.15, -0.1) is 0 Å². The highest BCUT2D eigenvalue weighted by Gasteiger charge is 2.28. The zero-order chi connectivity index (χ0) is 61.8. The van der Waals surface area contributed by atoms with Crippen molar-refractivity contribution in [3.63, 3.8) is 0 Å². The number of hydrogen-bond acceptors (Lipinski definition) is 22. The minimum Gasteiger partial charge on any atom is -0.383 e. The number of hydrogen-bond donors (Lipinski definition) is 4. The first-order valence-corrected chi connectivity index (χ1v) is 31.0. The van der Waals surface area contributed by atoms with Gasteiger partial charge in [-0.2, -0.15) is 20.5 Å². The van der Waals surface area contributed by atoms with Crippen molar-refractivity contribution in [2.45, 2.75) is 89.5 Å². The van der Waals surface area contributed by atoms with E-state index in [4.69, 9.17) is 36.4 Å². The van der Waals surface area contributed by atoms with Crippen LogP contribution in [0.4, 0.5) is 29.4 Å². The number of fused-ring (bicyclic) bond motifs is 2. The maximum Gasteiger partial charge on any atom is 0.236 e. The fourth-order valence-corrected chi connectivity index (χ4v) is 12.7. The van der Waals surface area contributed by atoms with Crippen LogP contribution < -0.4 is 27.0 Å². The largest absolute Gasteiger partial charge is 0.383 e. The van der Waals surface area contributed by atoms with Crippen molar-refractivity contribution < 1.29 is 4.79 Å². The molecule has 0 radical (unpaired) electrons. The number of pyridine rings is 4. The number of rotatable bonds is 16. The van der Waals surface area contributed by atoms with Crippen LogP contribution in [-0.2, 0) is 24.4 Å². The van der Waals surface area contributed by atoms with E-state index in [1.807, 2.05) is 58.0 Å². The van der Waals surface area contributed by atoms with Gasteiger partial charge in [0.15, 0.2) is 22.9 Å². The second kappa shape index (κ2) is 25.7. The van der Waals surface area contributed by atoms with Crippen LogP contribution in [0.3, 0.4) is 0 Å². The number of nitrogens with one attached hydrogen (secondary N) is 2. The Morgan fingerprint density at radius 3 is 1.74 bits per heavy atom. The molecular formula is C66H66N24O. The van der Waals surface area contributed by atoms with Gasteiger partial charge in [0.05, 0.1) is 16.8 Å². The van der Waals surface area contributed by atoms with Crippen molar-refractivity contribution in [1.29, 1.82) is 10.5 Å². The van der Waals surface area contributed by atoms with E-state index in [1.165, 1.54) is 35.8 Å². The maximum absolute atomic E-state index is 14.2. The molecule has 6 N–H and O–H groups in total. The lowest BCUT2D eigenvalue weighted by Gasteiger charge is -2.32. The molecule has 0 spiro atoms. The predicted molar refractivity (Wildman–Crippen MR) is 345 cm³/mol. The fourth-order valence-electron chi connectivity index (χ4n) is 12.7. The first kappa shape index (κ1) is 57.8. The second-order valence-electron chi connectivity index (χ2n) is 23.5. The maximum atomic E-state index is 14.2. The van der Waals surface area contributed by atoms with Gasteiger partial charge in [0.1, 0.15) is 53.3 Å². The number of piperidine rings is 2. The summed E-state index contributed by atoms with van der Waals surface area (Å²) in [6.07, 6.45) is 16.7. The molecule has 25 heteroatoms. The van der Waals surface area contributed by atoms with Crippen molar-refractivity contribution in [2.75, 3.05) is 72.8 Å². The van der Waals surface area contributed by atoms with E-state index in [9.17, 15) is 15.3 Å². The third-order valence-electron chi connectivity index (χ3n) is 17.6. The average molecular weight is 1210 g/mol. The number of nitrogens with zero attached hydrogens (tertiary/aromatic N) is 20. The first-order chi connectivity index (χ1) is 44.6. The van der Waals surface area contributed by atoms with Crippen LogP contribution in [0.5, 0.6) is 0 Å². The topological polar surface area (TPSA) is 318 Å². The molecule has 14 rings (SSSR count). The smallest absolute Gasteiger partial charge is 0.236 e. The minimum atomic E-state index is 0.0221. The molecule has 0 atom stereocenters. The number of nitriles is 2. The molecule has 0 unspecified atom stereocenters. The lowest BCUT2D eigenvalue weighted by molar-refractivity contribution is -0.130. The average Bonchev–Trinajstić information content (AvgIpc) is 1.70. The highest BCUT2D eigenvalue weighted by Crippen LogP contribution is 2.36. The molecule has 3 aliphatic heterocycles. The van der Waals surface area contributed by atoms with Crippen LogP contribution in [0.2, 0.25) is 0 Å². The van der Waals surface area contributed by atoms with Crippen molar-refractivity contribution in [1.82, 2.24) is 83.6 Å². The second-order valence-corrected chi connectivity index (χ2v) is 23.5. The van der Waals surface area contributed by atoms with Gasteiger partial charge in [0.25, 0.3) is 0 Å². The Morgan fingerprint density at radius 2 is 1.14 bits per heavy atom. The number of nitrogens with two attached hydrogens (primary N) is 2. The molecule has 3 saturated heterocycles. The van der Waals surface area contributed by atoms with Crippen molar-refractivity contribution >= 4 is 63.2 Å². The van der Waals surface area contributed by atoms with Gasteiger partial charge < -0.3 is 31.9 Å². The molecule has 456 valence electrons.